The van der Waals surface area contributed by atoms with Crippen LogP contribution in [0.15, 0.2) is 24.3 Å². The van der Waals surface area contributed by atoms with Gasteiger partial charge in [0.1, 0.15) is 17.9 Å². The predicted octanol–water partition coefficient (Wildman–Crippen LogP) is 1.90. The molecule has 2 aliphatic heterocycles. The molecule has 1 atom stereocenters. The highest BCUT2D eigenvalue weighted by atomic mass is 16.5. The Labute approximate surface area is 137 Å². The molecule has 0 aliphatic carbocycles. The van der Waals surface area contributed by atoms with Crippen LogP contribution < -0.4 is 10.1 Å². The first-order valence-corrected chi connectivity index (χ1v) is 8.49. The van der Waals surface area contributed by atoms with E-state index in [1.165, 1.54) is 5.56 Å². The molecule has 23 heavy (non-hydrogen) atoms. The number of rotatable bonds is 4. The van der Waals surface area contributed by atoms with E-state index >= 15 is 0 Å². The first-order chi connectivity index (χ1) is 11.2. The Bertz CT molecular complexity index is 579. The number of aryl methyl sites for hydroxylation is 1. The van der Waals surface area contributed by atoms with Crippen LogP contribution in [0.4, 0.5) is 0 Å². The van der Waals surface area contributed by atoms with E-state index in [-0.39, 0.29) is 24.0 Å². The second kappa shape index (κ2) is 7.02. The molecule has 0 spiro atoms. The molecular weight excluding hydrogens is 292 g/mol. The van der Waals surface area contributed by atoms with Crippen molar-refractivity contribution in [2.45, 2.75) is 51.2 Å². The molecule has 2 aliphatic rings. The van der Waals surface area contributed by atoms with Crippen molar-refractivity contribution in [1.29, 1.82) is 0 Å². The normalized spacial score (nSPS) is 22.0. The summed E-state index contributed by atoms with van der Waals surface area (Å²) < 4.78 is 6.06. The van der Waals surface area contributed by atoms with Gasteiger partial charge in [-0.05, 0) is 30.5 Å². The van der Waals surface area contributed by atoms with Crippen LogP contribution in [-0.2, 0) is 16.0 Å². The number of carbonyl (C=O) groups is 2. The number of nitrogens with zero attached hydrogens (tertiary/aromatic N) is 1. The zero-order chi connectivity index (χ0) is 16.2. The smallest absolute Gasteiger partial charge is 0.245 e. The van der Waals surface area contributed by atoms with Gasteiger partial charge in [0.05, 0.1) is 0 Å². The molecule has 1 aromatic carbocycles. The van der Waals surface area contributed by atoms with Gasteiger partial charge in [0.2, 0.25) is 11.8 Å². The van der Waals surface area contributed by atoms with Gasteiger partial charge < -0.3 is 15.0 Å². The minimum Gasteiger partial charge on any atom is -0.490 e. The topological polar surface area (TPSA) is 58.6 Å². The van der Waals surface area contributed by atoms with Crippen molar-refractivity contribution >= 4 is 11.8 Å². The Morgan fingerprint density at radius 1 is 1.30 bits per heavy atom. The predicted molar refractivity (Wildman–Crippen MR) is 87.2 cm³/mol. The van der Waals surface area contributed by atoms with E-state index in [9.17, 15) is 9.59 Å². The van der Waals surface area contributed by atoms with E-state index in [0.29, 0.717) is 25.9 Å². The second-order valence-corrected chi connectivity index (χ2v) is 6.30. The van der Waals surface area contributed by atoms with Gasteiger partial charge in [-0.1, -0.05) is 19.1 Å². The summed E-state index contributed by atoms with van der Waals surface area (Å²) in [7, 11) is 0. The fourth-order valence-corrected chi connectivity index (χ4v) is 3.24. The van der Waals surface area contributed by atoms with Crippen LogP contribution in [0.5, 0.6) is 5.75 Å². The molecule has 2 amide bonds. The number of nitrogens with one attached hydrogen (secondary N) is 1. The second-order valence-electron chi connectivity index (χ2n) is 6.30. The zero-order valence-corrected chi connectivity index (χ0v) is 13.6. The quantitative estimate of drug-likeness (QED) is 0.923. The summed E-state index contributed by atoms with van der Waals surface area (Å²) in [6.45, 7) is 3.53. The van der Waals surface area contributed by atoms with Crippen molar-refractivity contribution in [3.8, 4) is 5.75 Å². The molecule has 0 saturated carbocycles. The summed E-state index contributed by atoms with van der Waals surface area (Å²) >= 11 is 0. The molecule has 1 N–H and O–H groups in total. The zero-order valence-electron chi connectivity index (χ0n) is 13.6. The van der Waals surface area contributed by atoms with Gasteiger partial charge >= 0.3 is 0 Å². The van der Waals surface area contributed by atoms with Gasteiger partial charge in [-0.3, -0.25) is 9.59 Å². The van der Waals surface area contributed by atoms with Crippen molar-refractivity contribution in [2.24, 2.45) is 0 Å². The first kappa shape index (κ1) is 15.8. The van der Waals surface area contributed by atoms with Crippen molar-refractivity contribution < 1.29 is 14.3 Å². The molecule has 3 rings (SSSR count). The molecule has 0 radical (unpaired) electrons. The maximum atomic E-state index is 12.4. The van der Waals surface area contributed by atoms with Crippen LogP contribution >= 0.6 is 0 Å². The highest BCUT2D eigenvalue weighted by molar-refractivity contribution is 5.90. The Morgan fingerprint density at radius 2 is 2.09 bits per heavy atom. The van der Waals surface area contributed by atoms with E-state index in [4.69, 9.17) is 4.74 Å². The van der Waals surface area contributed by atoms with Crippen molar-refractivity contribution in [3.63, 3.8) is 0 Å². The number of hydrogen-bond donors (Lipinski definition) is 1. The number of piperidine rings is 1. The molecule has 0 bridgehead atoms. The molecule has 2 fully saturated rings. The lowest BCUT2D eigenvalue weighted by Crippen LogP contribution is -2.49. The molecular formula is C18H24N2O3. The number of likely N-dealkylation sites (tertiary alicyclic amines) is 1. The first-order valence-electron chi connectivity index (χ1n) is 8.49. The molecule has 2 saturated heterocycles. The van der Waals surface area contributed by atoms with Crippen molar-refractivity contribution in [1.82, 2.24) is 10.2 Å². The SMILES string of the molecule is CCc1cccc(OC2CCN(C(=O)C3CCC(=O)N3)CC2)c1. The van der Waals surface area contributed by atoms with Gasteiger partial charge in [0, 0.05) is 32.4 Å². The molecule has 5 nitrogen and oxygen atoms in total. The Kier molecular flexibility index (Phi) is 4.84. The van der Waals surface area contributed by atoms with Crippen LogP contribution in [-0.4, -0.2) is 41.9 Å². The van der Waals surface area contributed by atoms with Gasteiger partial charge in [-0.25, -0.2) is 0 Å². The largest absolute Gasteiger partial charge is 0.490 e. The third-order valence-electron chi connectivity index (χ3n) is 4.66. The Balaban J connectivity index is 1.50. The highest BCUT2D eigenvalue weighted by Crippen LogP contribution is 2.21. The van der Waals surface area contributed by atoms with Gasteiger partial charge in [0.15, 0.2) is 0 Å². The summed E-state index contributed by atoms with van der Waals surface area (Å²) in [5, 5.41) is 2.75. The van der Waals surface area contributed by atoms with Gasteiger partial charge in [-0.2, -0.15) is 0 Å². The minimum atomic E-state index is -0.318. The summed E-state index contributed by atoms with van der Waals surface area (Å²) in [5.74, 6) is 0.955. The maximum absolute atomic E-state index is 12.4. The molecule has 2 heterocycles. The fraction of sp³-hybridized carbons (Fsp3) is 0.556. The standard InChI is InChI=1S/C18H24N2O3/c1-2-13-4-3-5-15(12-13)23-14-8-10-20(11-9-14)18(22)16-6-7-17(21)19-16/h3-5,12,14,16H,2,6-11H2,1H3,(H,19,21). The van der Waals surface area contributed by atoms with E-state index < -0.39 is 0 Å². The van der Waals surface area contributed by atoms with Crippen LogP contribution in [0, 0.1) is 0 Å². The molecule has 1 aromatic rings. The van der Waals surface area contributed by atoms with Gasteiger partial charge in [-0.15, -0.1) is 0 Å². The average molecular weight is 316 g/mol. The lowest BCUT2D eigenvalue weighted by molar-refractivity contribution is -0.136. The third kappa shape index (κ3) is 3.84. The van der Waals surface area contributed by atoms with Crippen LogP contribution in [0.2, 0.25) is 0 Å². The maximum Gasteiger partial charge on any atom is 0.245 e. The lowest BCUT2D eigenvalue weighted by atomic mass is 10.1. The number of carbonyl (C=O) groups excluding carboxylic acids is 2. The van der Waals surface area contributed by atoms with Crippen LogP contribution in [0.3, 0.4) is 0 Å². The van der Waals surface area contributed by atoms with E-state index in [1.54, 1.807) is 0 Å². The number of benzene rings is 1. The van der Waals surface area contributed by atoms with Crippen molar-refractivity contribution in [3.05, 3.63) is 29.8 Å². The van der Waals surface area contributed by atoms with Crippen molar-refractivity contribution in [2.75, 3.05) is 13.1 Å². The average Bonchev–Trinajstić information content (AvgIpc) is 3.01. The van der Waals surface area contributed by atoms with E-state index in [1.807, 2.05) is 17.0 Å². The van der Waals surface area contributed by atoms with Crippen LogP contribution in [0.25, 0.3) is 0 Å². The summed E-state index contributed by atoms with van der Waals surface area (Å²) in [4.78, 5) is 25.5. The number of hydrogen-bond acceptors (Lipinski definition) is 3. The molecule has 124 valence electrons. The fourth-order valence-electron chi connectivity index (χ4n) is 3.24. The van der Waals surface area contributed by atoms with E-state index in [2.05, 4.69) is 24.4 Å². The third-order valence-corrected chi connectivity index (χ3v) is 4.66. The summed E-state index contributed by atoms with van der Waals surface area (Å²) in [5.41, 5.74) is 1.27. The van der Waals surface area contributed by atoms with E-state index in [0.717, 1.165) is 25.0 Å². The molecule has 5 heteroatoms. The number of ether oxygens (including phenoxy) is 1. The Morgan fingerprint density at radius 3 is 2.74 bits per heavy atom. The lowest BCUT2D eigenvalue weighted by Gasteiger charge is -2.33. The summed E-state index contributed by atoms with van der Waals surface area (Å²) in [6.07, 6.45) is 3.91. The van der Waals surface area contributed by atoms with Gasteiger partial charge in [0.25, 0.3) is 0 Å². The monoisotopic (exact) mass is 316 g/mol. The summed E-state index contributed by atoms with van der Waals surface area (Å²) in [6, 6.07) is 7.89. The van der Waals surface area contributed by atoms with Crippen LogP contribution in [0.1, 0.15) is 38.2 Å². The molecule has 0 aromatic heterocycles. The highest BCUT2D eigenvalue weighted by Gasteiger charge is 2.32. The Hall–Kier alpha value is -2.04. The minimum absolute atomic E-state index is 0.0163. The molecule has 1 unspecified atom stereocenters. The number of amides is 2.